The molecule has 0 aromatic rings. The Bertz CT molecular complexity index is 254. The van der Waals surface area contributed by atoms with Crippen molar-refractivity contribution in [1.82, 2.24) is 15.5 Å². The summed E-state index contributed by atoms with van der Waals surface area (Å²) in [7, 11) is 0. The maximum atomic E-state index is 11.7. The van der Waals surface area contributed by atoms with Crippen molar-refractivity contribution < 1.29 is 9.53 Å². The molecule has 6 heteroatoms. The molecule has 1 amide bonds. The third-order valence-corrected chi connectivity index (χ3v) is 4.23. The first kappa shape index (κ1) is 14.1. The van der Waals surface area contributed by atoms with E-state index in [1.54, 1.807) is 0 Å². The molecule has 2 N–H and O–H groups in total. The first-order valence-corrected chi connectivity index (χ1v) is 7.88. The number of nitrogens with zero attached hydrogens (tertiary/aromatic N) is 1. The van der Waals surface area contributed by atoms with Crippen molar-refractivity contribution in [1.29, 1.82) is 0 Å². The molecule has 0 radical (unpaired) electrons. The summed E-state index contributed by atoms with van der Waals surface area (Å²) in [4.78, 5) is 14.1. The number of hydrogen-bond acceptors (Lipinski definition) is 5. The Morgan fingerprint density at radius 3 is 3.00 bits per heavy atom. The Balaban J connectivity index is 1.53. The van der Waals surface area contributed by atoms with Gasteiger partial charge in [-0.15, -0.1) is 0 Å². The van der Waals surface area contributed by atoms with E-state index < -0.39 is 0 Å². The second-order valence-electron chi connectivity index (χ2n) is 4.73. The van der Waals surface area contributed by atoms with Gasteiger partial charge in [0.05, 0.1) is 13.2 Å². The van der Waals surface area contributed by atoms with E-state index in [0.717, 1.165) is 39.3 Å². The van der Waals surface area contributed by atoms with Crippen molar-refractivity contribution in [2.75, 3.05) is 57.4 Å². The molecule has 2 saturated heterocycles. The van der Waals surface area contributed by atoms with Crippen LogP contribution in [0.1, 0.15) is 6.42 Å². The van der Waals surface area contributed by atoms with E-state index in [-0.39, 0.29) is 11.9 Å². The number of thioether (sulfide) groups is 1. The van der Waals surface area contributed by atoms with Crippen LogP contribution in [0.3, 0.4) is 0 Å². The quantitative estimate of drug-likeness (QED) is 0.709. The fourth-order valence-corrected chi connectivity index (χ4v) is 3.20. The summed E-state index contributed by atoms with van der Waals surface area (Å²) in [5.41, 5.74) is 0. The summed E-state index contributed by atoms with van der Waals surface area (Å²) in [5, 5.41) is 6.29. The van der Waals surface area contributed by atoms with Gasteiger partial charge in [-0.05, 0) is 0 Å². The van der Waals surface area contributed by atoms with Gasteiger partial charge in [-0.3, -0.25) is 9.69 Å². The van der Waals surface area contributed by atoms with Crippen LogP contribution in [0.4, 0.5) is 0 Å². The molecule has 0 bridgehead atoms. The largest absolute Gasteiger partial charge is 0.378 e. The maximum Gasteiger partial charge on any atom is 0.221 e. The van der Waals surface area contributed by atoms with E-state index in [9.17, 15) is 4.79 Å². The molecule has 18 heavy (non-hydrogen) atoms. The average molecular weight is 273 g/mol. The summed E-state index contributed by atoms with van der Waals surface area (Å²) in [5.74, 6) is 2.57. The predicted octanol–water partition coefficient (Wildman–Crippen LogP) is -0.470. The highest BCUT2D eigenvalue weighted by molar-refractivity contribution is 7.99. The minimum Gasteiger partial charge on any atom is -0.378 e. The summed E-state index contributed by atoms with van der Waals surface area (Å²) in [6.45, 7) is 6.29. The number of nitrogens with one attached hydrogen (secondary N) is 2. The number of carbonyl (C=O) groups excluding carboxylic acids is 1. The first-order chi connectivity index (χ1) is 8.84. The van der Waals surface area contributed by atoms with Gasteiger partial charge >= 0.3 is 0 Å². The van der Waals surface area contributed by atoms with E-state index in [0.29, 0.717) is 13.0 Å². The summed E-state index contributed by atoms with van der Waals surface area (Å²) in [6.07, 6.45) is 0.524. The Kier molecular flexibility index (Phi) is 6.26. The molecule has 1 unspecified atom stereocenters. The predicted molar refractivity (Wildman–Crippen MR) is 74.0 cm³/mol. The van der Waals surface area contributed by atoms with E-state index in [1.165, 1.54) is 11.5 Å². The molecule has 2 aliphatic rings. The van der Waals surface area contributed by atoms with Crippen LogP contribution in [0.25, 0.3) is 0 Å². The molecule has 5 nitrogen and oxygen atoms in total. The number of morpholine rings is 1. The Morgan fingerprint density at radius 2 is 2.28 bits per heavy atom. The van der Waals surface area contributed by atoms with Crippen molar-refractivity contribution >= 4 is 17.7 Å². The van der Waals surface area contributed by atoms with Crippen molar-refractivity contribution in [3.8, 4) is 0 Å². The number of carbonyl (C=O) groups is 1. The highest BCUT2D eigenvalue weighted by atomic mass is 32.2. The van der Waals surface area contributed by atoms with Crippen molar-refractivity contribution in [3.05, 3.63) is 0 Å². The number of amides is 1. The lowest BCUT2D eigenvalue weighted by molar-refractivity contribution is -0.122. The fourth-order valence-electron chi connectivity index (χ4n) is 2.22. The van der Waals surface area contributed by atoms with Gasteiger partial charge in [-0.25, -0.2) is 0 Å². The standard InChI is InChI=1S/C12H23N3O2S/c16-12(9-11-10-17-6-2-13-11)14-1-3-15-4-7-18-8-5-15/h11,13H,1-10H2,(H,14,16). The van der Waals surface area contributed by atoms with Gasteiger partial charge in [0.15, 0.2) is 0 Å². The molecule has 104 valence electrons. The Hall–Kier alpha value is -0.300. The Labute approximate surface area is 113 Å². The SMILES string of the molecule is O=C(CC1COCCN1)NCCN1CCSCC1. The zero-order valence-corrected chi connectivity index (χ0v) is 11.6. The van der Waals surface area contributed by atoms with Gasteiger partial charge in [0, 0.05) is 56.7 Å². The highest BCUT2D eigenvalue weighted by Crippen LogP contribution is 2.07. The van der Waals surface area contributed by atoms with Gasteiger partial charge in [0.25, 0.3) is 0 Å². The molecular weight excluding hydrogens is 250 g/mol. The molecule has 1 atom stereocenters. The van der Waals surface area contributed by atoms with Crippen LogP contribution in [-0.4, -0.2) is 74.3 Å². The van der Waals surface area contributed by atoms with Crippen molar-refractivity contribution in [2.24, 2.45) is 0 Å². The van der Waals surface area contributed by atoms with Crippen LogP contribution in [0, 0.1) is 0 Å². The minimum atomic E-state index is 0.129. The topological polar surface area (TPSA) is 53.6 Å². The maximum absolute atomic E-state index is 11.7. The molecule has 2 heterocycles. The lowest BCUT2D eigenvalue weighted by Crippen LogP contribution is -2.45. The van der Waals surface area contributed by atoms with Crippen LogP contribution in [0.15, 0.2) is 0 Å². The van der Waals surface area contributed by atoms with E-state index in [1.807, 2.05) is 11.8 Å². The van der Waals surface area contributed by atoms with Gasteiger partial charge in [0.2, 0.25) is 5.91 Å². The van der Waals surface area contributed by atoms with Gasteiger partial charge in [0.1, 0.15) is 0 Å². The number of ether oxygens (including phenoxy) is 1. The van der Waals surface area contributed by atoms with Crippen molar-refractivity contribution in [2.45, 2.75) is 12.5 Å². The third-order valence-electron chi connectivity index (χ3n) is 3.28. The lowest BCUT2D eigenvalue weighted by atomic mass is 10.2. The first-order valence-electron chi connectivity index (χ1n) is 6.72. The molecule has 0 aromatic carbocycles. The van der Waals surface area contributed by atoms with Crippen LogP contribution in [-0.2, 0) is 9.53 Å². The van der Waals surface area contributed by atoms with Crippen LogP contribution in [0.5, 0.6) is 0 Å². The molecule has 2 rings (SSSR count). The van der Waals surface area contributed by atoms with Crippen molar-refractivity contribution in [3.63, 3.8) is 0 Å². The number of hydrogen-bond donors (Lipinski definition) is 2. The van der Waals surface area contributed by atoms with Crippen LogP contribution >= 0.6 is 11.8 Å². The molecule has 0 aromatic heterocycles. The molecule has 0 saturated carbocycles. The molecule has 0 aliphatic carbocycles. The molecule has 2 fully saturated rings. The van der Waals surface area contributed by atoms with Gasteiger partial charge in [-0.1, -0.05) is 0 Å². The smallest absolute Gasteiger partial charge is 0.221 e. The molecular formula is C12H23N3O2S. The number of rotatable bonds is 5. The van der Waals surface area contributed by atoms with Crippen LogP contribution < -0.4 is 10.6 Å². The van der Waals surface area contributed by atoms with Crippen LogP contribution in [0.2, 0.25) is 0 Å². The fraction of sp³-hybridized carbons (Fsp3) is 0.917. The average Bonchev–Trinajstić information content (AvgIpc) is 2.41. The summed E-state index contributed by atoms with van der Waals surface area (Å²) < 4.78 is 5.33. The van der Waals surface area contributed by atoms with E-state index in [2.05, 4.69) is 15.5 Å². The van der Waals surface area contributed by atoms with Gasteiger partial charge in [-0.2, -0.15) is 11.8 Å². The summed E-state index contributed by atoms with van der Waals surface area (Å²) >= 11 is 2.01. The van der Waals surface area contributed by atoms with E-state index >= 15 is 0 Å². The normalized spacial score (nSPS) is 25.9. The second-order valence-corrected chi connectivity index (χ2v) is 5.96. The Morgan fingerprint density at radius 1 is 1.44 bits per heavy atom. The third kappa shape index (κ3) is 5.14. The molecule has 2 aliphatic heterocycles. The van der Waals surface area contributed by atoms with E-state index in [4.69, 9.17) is 4.74 Å². The second kappa shape index (κ2) is 7.99. The van der Waals surface area contributed by atoms with Gasteiger partial charge < -0.3 is 15.4 Å². The zero-order chi connectivity index (χ0) is 12.6. The zero-order valence-electron chi connectivity index (χ0n) is 10.8. The summed E-state index contributed by atoms with van der Waals surface area (Å²) in [6, 6.07) is 0.185. The highest BCUT2D eigenvalue weighted by Gasteiger charge is 2.16. The minimum absolute atomic E-state index is 0.129. The lowest BCUT2D eigenvalue weighted by Gasteiger charge is -2.26. The molecule has 0 spiro atoms. The monoisotopic (exact) mass is 273 g/mol.